The van der Waals surface area contributed by atoms with Gasteiger partial charge >= 0.3 is 0 Å². The van der Waals surface area contributed by atoms with Gasteiger partial charge in [0.25, 0.3) is 0 Å². The maximum atomic E-state index is 6.33. The quantitative estimate of drug-likeness (QED) is 0.885. The molecule has 2 rings (SSSR count). The first-order valence-corrected chi connectivity index (χ1v) is 8.03. The third kappa shape index (κ3) is 5.17. The highest BCUT2D eigenvalue weighted by Crippen LogP contribution is 2.28. The standard InChI is InChI=1S/C17H26ClNO2/c1-12-8-9-13(21-12)11-20-16-7-5-6-15(18)14(16)10-19-17(2,3)4/h5-7,12-13,19H,8-11H2,1-4H3. The Bertz CT molecular complexity index is 470. The van der Waals surface area contributed by atoms with Crippen molar-refractivity contribution >= 4 is 11.6 Å². The molecule has 1 heterocycles. The fraction of sp³-hybridized carbons (Fsp3) is 0.647. The van der Waals surface area contributed by atoms with Gasteiger partial charge in [-0.25, -0.2) is 0 Å². The molecule has 0 amide bonds. The van der Waals surface area contributed by atoms with Crippen LogP contribution in [-0.4, -0.2) is 24.4 Å². The van der Waals surface area contributed by atoms with Gasteiger partial charge in [-0.15, -0.1) is 0 Å². The summed E-state index contributed by atoms with van der Waals surface area (Å²) in [4.78, 5) is 0. The molecule has 4 heteroatoms. The Morgan fingerprint density at radius 1 is 1.33 bits per heavy atom. The normalized spacial score (nSPS) is 22.5. The van der Waals surface area contributed by atoms with Crippen molar-refractivity contribution in [3.8, 4) is 5.75 Å². The van der Waals surface area contributed by atoms with Crippen LogP contribution in [0.5, 0.6) is 5.75 Å². The fourth-order valence-electron chi connectivity index (χ4n) is 2.39. The lowest BCUT2D eigenvalue weighted by Crippen LogP contribution is -2.35. The topological polar surface area (TPSA) is 30.5 Å². The highest BCUT2D eigenvalue weighted by molar-refractivity contribution is 6.31. The molecular formula is C17H26ClNO2. The summed E-state index contributed by atoms with van der Waals surface area (Å²) in [6, 6.07) is 5.81. The highest BCUT2D eigenvalue weighted by atomic mass is 35.5. The predicted octanol–water partition coefficient (Wildman–Crippen LogP) is 4.17. The Labute approximate surface area is 133 Å². The van der Waals surface area contributed by atoms with Gasteiger partial charge in [0.15, 0.2) is 0 Å². The lowest BCUT2D eigenvalue weighted by molar-refractivity contribution is 0.0262. The maximum absolute atomic E-state index is 6.33. The molecule has 0 saturated carbocycles. The summed E-state index contributed by atoms with van der Waals surface area (Å²) >= 11 is 6.33. The van der Waals surface area contributed by atoms with Crippen molar-refractivity contribution in [1.82, 2.24) is 5.32 Å². The summed E-state index contributed by atoms with van der Waals surface area (Å²) in [5.41, 5.74) is 1.06. The lowest BCUT2D eigenvalue weighted by Gasteiger charge is -2.22. The second-order valence-corrected chi connectivity index (χ2v) is 7.18. The highest BCUT2D eigenvalue weighted by Gasteiger charge is 2.23. The molecule has 1 saturated heterocycles. The summed E-state index contributed by atoms with van der Waals surface area (Å²) in [7, 11) is 0. The van der Waals surface area contributed by atoms with E-state index in [0.717, 1.165) is 29.2 Å². The van der Waals surface area contributed by atoms with E-state index in [-0.39, 0.29) is 11.6 Å². The first-order chi connectivity index (χ1) is 9.85. The van der Waals surface area contributed by atoms with E-state index in [0.29, 0.717) is 19.3 Å². The molecule has 118 valence electrons. The van der Waals surface area contributed by atoms with Crippen molar-refractivity contribution in [3.05, 3.63) is 28.8 Å². The Kier molecular flexibility index (Phi) is 5.53. The van der Waals surface area contributed by atoms with E-state index in [1.54, 1.807) is 0 Å². The van der Waals surface area contributed by atoms with Gasteiger partial charge in [-0.1, -0.05) is 17.7 Å². The van der Waals surface area contributed by atoms with Gasteiger partial charge in [0, 0.05) is 22.7 Å². The molecule has 1 N–H and O–H groups in total. The number of halogens is 1. The van der Waals surface area contributed by atoms with E-state index >= 15 is 0 Å². The fourth-order valence-corrected chi connectivity index (χ4v) is 2.62. The molecule has 1 fully saturated rings. The lowest BCUT2D eigenvalue weighted by atomic mass is 10.1. The summed E-state index contributed by atoms with van der Waals surface area (Å²) < 4.78 is 11.8. The second kappa shape index (κ2) is 6.99. The Morgan fingerprint density at radius 3 is 2.71 bits per heavy atom. The molecule has 1 aromatic carbocycles. The third-order valence-corrected chi connectivity index (χ3v) is 3.97. The Balaban J connectivity index is 1.99. The van der Waals surface area contributed by atoms with E-state index < -0.39 is 0 Å². The van der Waals surface area contributed by atoms with Crippen LogP contribution in [0.25, 0.3) is 0 Å². The molecule has 0 aliphatic carbocycles. The molecule has 3 nitrogen and oxygen atoms in total. The summed E-state index contributed by atoms with van der Waals surface area (Å²) in [5, 5.41) is 4.20. The number of nitrogens with one attached hydrogen (secondary N) is 1. The Morgan fingerprint density at radius 2 is 2.10 bits per heavy atom. The van der Waals surface area contributed by atoms with Crippen LogP contribution < -0.4 is 10.1 Å². The first kappa shape index (κ1) is 16.6. The van der Waals surface area contributed by atoms with Crippen LogP contribution in [-0.2, 0) is 11.3 Å². The van der Waals surface area contributed by atoms with Crippen molar-refractivity contribution in [3.63, 3.8) is 0 Å². The zero-order valence-electron chi connectivity index (χ0n) is 13.4. The smallest absolute Gasteiger partial charge is 0.125 e. The van der Waals surface area contributed by atoms with E-state index in [1.165, 1.54) is 0 Å². The van der Waals surface area contributed by atoms with Gasteiger partial charge in [-0.3, -0.25) is 0 Å². The summed E-state index contributed by atoms with van der Waals surface area (Å²) in [6.45, 7) is 9.81. The summed E-state index contributed by atoms with van der Waals surface area (Å²) in [6.07, 6.45) is 2.72. The van der Waals surface area contributed by atoms with E-state index in [9.17, 15) is 0 Å². The minimum Gasteiger partial charge on any atom is -0.490 e. The van der Waals surface area contributed by atoms with E-state index in [4.69, 9.17) is 21.1 Å². The van der Waals surface area contributed by atoms with Gasteiger partial charge in [-0.05, 0) is 52.7 Å². The molecule has 0 spiro atoms. The predicted molar refractivity (Wildman–Crippen MR) is 87.1 cm³/mol. The molecule has 1 aliphatic rings. The van der Waals surface area contributed by atoms with Gasteiger partial charge in [0.2, 0.25) is 0 Å². The third-order valence-electron chi connectivity index (χ3n) is 3.62. The molecule has 0 radical (unpaired) electrons. The molecule has 1 aliphatic heterocycles. The minimum absolute atomic E-state index is 0.0421. The van der Waals surface area contributed by atoms with Crippen LogP contribution in [0.15, 0.2) is 18.2 Å². The van der Waals surface area contributed by atoms with E-state index in [2.05, 4.69) is 33.0 Å². The molecule has 0 aromatic heterocycles. The number of benzene rings is 1. The number of hydrogen-bond acceptors (Lipinski definition) is 3. The van der Waals surface area contributed by atoms with Gasteiger partial charge in [-0.2, -0.15) is 0 Å². The molecule has 2 atom stereocenters. The van der Waals surface area contributed by atoms with E-state index in [1.807, 2.05) is 18.2 Å². The number of hydrogen-bond donors (Lipinski definition) is 1. The Hall–Kier alpha value is -0.770. The maximum Gasteiger partial charge on any atom is 0.125 e. The van der Waals surface area contributed by atoms with Crippen LogP contribution >= 0.6 is 11.6 Å². The van der Waals surface area contributed by atoms with Crippen LogP contribution in [0.4, 0.5) is 0 Å². The SMILES string of the molecule is CC1CCC(COc2cccc(Cl)c2CNC(C)(C)C)O1. The minimum atomic E-state index is 0.0421. The van der Waals surface area contributed by atoms with Crippen LogP contribution in [0.2, 0.25) is 5.02 Å². The average molecular weight is 312 g/mol. The summed E-state index contributed by atoms with van der Waals surface area (Å²) in [5.74, 6) is 0.849. The second-order valence-electron chi connectivity index (χ2n) is 6.78. The van der Waals surface area contributed by atoms with Crippen molar-refractivity contribution in [1.29, 1.82) is 0 Å². The zero-order chi connectivity index (χ0) is 15.5. The van der Waals surface area contributed by atoms with Gasteiger partial charge in [0.1, 0.15) is 12.4 Å². The van der Waals surface area contributed by atoms with Crippen molar-refractivity contribution in [2.75, 3.05) is 6.61 Å². The zero-order valence-corrected chi connectivity index (χ0v) is 14.2. The molecular weight excluding hydrogens is 286 g/mol. The van der Waals surface area contributed by atoms with Crippen molar-refractivity contribution in [2.24, 2.45) is 0 Å². The molecule has 21 heavy (non-hydrogen) atoms. The largest absolute Gasteiger partial charge is 0.490 e. The average Bonchev–Trinajstić information content (AvgIpc) is 2.80. The molecule has 1 aromatic rings. The van der Waals surface area contributed by atoms with Crippen LogP contribution in [0.3, 0.4) is 0 Å². The van der Waals surface area contributed by atoms with Crippen molar-refractivity contribution in [2.45, 2.75) is 64.8 Å². The molecule has 0 bridgehead atoms. The van der Waals surface area contributed by atoms with Crippen molar-refractivity contribution < 1.29 is 9.47 Å². The van der Waals surface area contributed by atoms with Crippen LogP contribution in [0, 0.1) is 0 Å². The van der Waals surface area contributed by atoms with Gasteiger partial charge in [0.05, 0.1) is 12.2 Å². The molecule has 2 unspecified atom stereocenters. The monoisotopic (exact) mass is 311 g/mol. The van der Waals surface area contributed by atoms with Crippen LogP contribution in [0.1, 0.15) is 46.1 Å². The number of ether oxygens (including phenoxy) is 2. The number of rotatable bonds is 5. The van der Waals surface area contributed by atoms with Gasteiger partial charge < -0.3 is 14.8 Å². The first-order valence-electron chi connectivity index (χ1n) is 7.66.